The Morgan fingerprint density at radius 2 is 1.86 bits per heavy atom. The normalized spacial score (nSPS) is 13.5. The molecule has 0 bridgehead atoms. The van der Waals surface area contributed by atoms with E-state index in [0.29, 0.717) is 12.3 Å². The van der Waals surface area contributed by atoms with Crippen LogP contribution in [-0.4, -0.2) is 20.1 Å². The molecule has 0 fully saturated rings. The highest BCUT2D eigenvalue weighted by molar-refractivity contribution is 7.89. The number of aliphatic hydroxyl groups is 1. The molecule has 22 heavy (non-hydrogen) atoms. The van der Waals surface area contributed by atoms with Gasteiger partial charge in [0.05, 0.1) is 11.0 Å². The Morgan fingerprint density at radius 1 is 1.18 bits per heavy atom. The largest absolute Gasteiger partial charge is 0.388 e. The van der Waals surface area contributed by atoms with Crippen LogP contribution in [-0.2, 0) is 10.0 Å². The van der Waals surface area contributed by atoms with Crippen LogP contribution < -0.4 is 4.72 Å². The van der Waals surface area contributed by atoms with Gasteiger partial charge in [-0.25, -0.2) is 13.1 Å². The van der Waals surface area contributed by atoms with Crippen molar-refractivity contribution in [2.45, 2.75) is 37.2 Å². The highest BCUT2D eigenvalue weighted by Crippen LogP contribution is 2.21. The number of nitrogens with one attached hydrogen (secondary N) is 1. The first-order valence-electron chi connectivity index (χ1n) is 7.21. The van der Waals surface area contributed by atoms with Crippen molar-refractivity contribution in [1.82, 2.24) is 4.72 Å². The quantitative estimate of drug-likeness (QED) is 0.813. The Labute approximate surface area is 135 Å². The number of aliphatic hydroxyl groups excluding tert-OH is 1. The molecule has 1 heterocycles. The molecular weight excluding hydrogens is 318 g/mol. The van der Waals surface area contributed by atoms with E-state index in [9.17, 15) is 13.5 Å². The van der Waals surface area contributed by atoms with E-state index in [1.165, 1.54) is 11.3 Å². The molecule has 1 unspecified atom stereocenters. The van der Waals surface area contributed by atoms with Gasteiger partial charge in [-0.1, -0.05) is 32.0 Å². The van der Waals surface area contributed by atoms with Crippen LogP contribution in [0.25, 0.3) is 0 Å². The van der Waals surface area contributed by atoms with Crippen molar-refractivity contribution in [3.05, 3.63) is 52.2 Å². The summed E-state index contributed by atoms with van der Waals surface area (Å²) in [4.78, 5) is 1.10. The fourth-order valence-corrected chi connectivity index (χ4v) is 3.86. The fraction of sp³-hybridized carbons (Fsp3) is 0.375. The van der Waals surface area contributed by atoms with Gasteiger partial charge in [0.1, 0.15) is 0 Å². The number of sulfonamides is 1. The summed E-state index contributed by atoms with van der Waals surface area (Å²) in [6, 6.07) is 10.6. The second-order valence-electron chi connectivity index (χ2n) is 5.44. The summed E-state index contributed by atoms with van der Waals surface area (Å²) in [5, 5.41) is 11.8. The van der Waals surface area contributed by atoms with E-state index in [2.05, 4.69) is 18.6 Å². The van der Waals surface area contributed by atoms with Crippen LogP contribution in [0, 0.1) is 0 Å². The third-order valence-corrected chi connectivity index (χ3v) is 5.89. The zero-order chi connectivity index (χ0) is 16.2. The van der Waals surface area contributed by atoms with Crippen LogP contribution >= 0.6 is 11.3 Å². The zero-order valence-corrected chi connectivity index (χ0v) is 14.3. The first-order chi connectivity index (χ1) is 10.4. The van der Waals surface area contributed by atoms with E-state index in [-0.39, 0.29) is 11.4 Å². The van der Waals surface area contributed by atoms with Gasteiger partial charge in [0, 0.05) is 11.4 Å². The molecule has 0 aliphatic rings. The molecule has 2 aromatic rings. The van der Waals surface area contributed by atoms with Gasteiger partial charge in [0.25, 0.3) is 0 Å². The maximum atomic E-state index is 12.2. The first kappa shape index (κ1) is 17.1. The average molecular weight is 339 g/mol. The highest BCUT2D eigenvalue weighted by atomic mass is 32.2. The second kappa shape index (κ2) is 7.37. The molecule has 2 N–H and O–H groups in total. The third-order valence-electron chi connectivity index (χ3n) is 3.44. The third kappa shape index (κ3) is 4.39. The van der Waals surface area contributed by atoms with E-state index < -0.39 is 16.1 Å². The van der Waals surface area contributed by atoms with Gasteiger partial charge in [0.15, 0.2) is 0 Å². The number of benzene rings is 1. The predicted molar refractivity (Wildman–Crippen MR) is 89.6 cm³/mol. The zero-order valence-electron chi connectivity index (χ0n) is 12.7. The Bertz CT molecular complexity index is 677. The fourth-order valence-electron chi connectivity index (χ4n) is 2.07. The van der Waals surface area contributed by atoms with E-state index in [1.807, 2.05) is 29.6 Å². The van der Waals surface area contributed by atoms with Crippen LogP contribution in [0.3, 0.4) is 0 Å². The molecule has 0 radical (unpaired) electrons. The number of hydrogen-bond donors (Lipinski definition) is 2. The minimum atomic E-state index is -3.52. The van der Waals surface area contributed by atoms with Crippen molar-refractivity contribution >= 4 is 21.4 Å². The summed E-state index contributed by atoms with van der Waals surface area (Å²) in [6.07, 6.45) is -0.282. The predicted octanol–water partition coefficient (Wildman–Crippen LogP) is 3.27. The molecule has 4 nitrogen and oxygen atoms in total. The minimum absolute atomic E-state index is 0.202. The molecule has 1 aromatic heterocycles. The van der Waals surface area contributed by atoms with Crippen LogP contribution in [0.15, 0.2) is 46.7 Å². The average Bonchev–Trinajstić information content (AvgIpc) is 3.01. The van der Waals surface area contributed by atoms with E-state index in [0.717, 1.165) is 10.4 Å². The lowest BCUT2D eigenvalue weighted by atomic mass is 10.0. The van der Waals surface area contributed by atoms with Gasteiger partial charge in [-0.05, 0) is 41.5 Å². The lowest BCUT2D eigenvalue weighted by Gasteiger charge is -2.11. The number of thiophene rings is 1. The molecular formula is C16H21NO3S2. The Hall–Kier alpha value is -1.21. The van der Waals surface area contributed by atoms with E-state index >= 15 is 0 Å². The maximum absolute atomic E-state index is 12.2. The van der Waals surface area contributed by atoms with Crippen molar-refractivity contribution < 1.29 is 13.5 Å². The van der Waals surface area contributed by atoms with E-state index in [1.54, 1.807) is 12.1 Å². The molecule has 120 valence electrons. The summed E-state index contributed by atoms with van der Waals surface area (Å²) in [5.41, 5.74) is 1.10. The topological polar surface area (TPSA) is 66.4 Å². The van der Waals surface area contributed by atoms with Crippen molar-refractivity contribution in [2.75, 3.05) is 6.54 Å². The molecule has 0 saturated carbocycles. The lowest BCUT2D eigenvalue weighted by molar-refractivity contribution is 0.173. The summed E-state index contributed by atoms with van der Waals surface area (Å²) < 4.78 is 26.9. The van der Waals surface area contributed by atoms with Gasteiger partial charge >= 0.3 is 0 Å². The maximum Gasteiger partial charge on any atom is 0.240 e. The van der Waals surface area contributed by atoms with Gasteiger partial charge in [-0.15, -0.1) is 11.3 Å². The van der Waals surface area contributed by atoms with Crippen LogP contribution in [0.5, 0.6) is 0 Å². The minimum Gasteiger partial charge on any atom is -0.388 e. The molecule has 0 aliphatic heterocycles. The van der Waals surface area contributed by atoms with Crippen molar-refractivity contribution in [3.63, 3.8) is 0 Å². The van der Waals surface area contributed by atoms with Gasteiger partial charge in [-0.3, -0.25) is 0 Å². The summed E-state index contributed by atoms with van der Waals surface area (Å²) in [6.45, 7) is 4.33. The summed E-state index contributed by atoms with van der Waals surface area (Å²) >= 11 is 1.46. The molecule has 0 spiro atoms. The van der Waals surface area contributed by atoms with Gasteiger partial charge in [0.2, 0.25) is 10.0 Å². The number of hydrogen-bond acceptors (Lipinski definition) is 4. The molecule has 2 rings (SSSR count). The SMILES string of the molecule is CC(C)c1ccc(S(=O)(=O)NCCC(O)c2cccs2)cc1. The molecule has 0 aliphatic carbocycles. The highest BCUT2D eigenvalue weighted by Gasteiger charge is 2.15. The van der Waals surface area contributed by atoms with E-state index in [4.69, 9.17) is 0 Å². The standard InChI is InChI=1S/C16H21NO3S2/c1-12(2)13-5-7-14(8-6-13)22(19,20)17-10-9-15(18)16-4-3-11-21-16/h3-8,11-12,15,17-18H,9-10H2,1-2H3. The van der Waals surface area contributed by atoms with Crippen LogP contribution in [0.2, 0.25) is 0 Å². The van der Waals surface area contributed by atoms with Crippen LogP contribution in [0.4, 0.5) is 0 Å². The van der Waals surface area contributed by atoms with Gasteiger partial charge in [-0.2, -0.15) is 0 Å². The monoisotopic (exact) mass is 339 g/mol. The first-order valence-corrected chi connectivity index (χ1v) is 9.57. The second-order valence-corrected chi connectivity index (χ2v) is 8.19. The molecule has 1 aromatic carbocycles. The summed E-state index contributed by atoms with van der Waals surface area (Å²) in [5.74, 6) is 0.366. The van der Waals surface area contributed by atoms with Crippen molar-refractivity contribution in [3.8, 4) is 0 Å². The summed E-state index contributed by atoms with van der Waals surface area (Å²) in [7, 11) is -3.52. The lowest BCUT2D eigenvalue weighted by Crippen LogP contribution is -2.25. The molecule has 0 saturated heterocycles. The Kier molecular flexibility index (Phi) is 5.74. The Balaban J connectivity index is 1.93. The van der Waals surface area contributed by atoms with Crippen molar-refractivity contribution in [1.29, 1.82) is 0 Å². The molecule has 6 heteroatoms. The molecule has 0 amide bonds. The smallest absolute Gasteiger partial charge is 0.240 e. The molecule has 1 atom stereocenters. The number of rotatable bonds is 7. The van der Waals surface area contributed by atoms with Crippen LogP contribution in [0.1, 0.15) is 42.7 Å². The van der Waals surface area contributed by atoms with Crippen molar-refractivity contribution in [2.24, 2.45) is 0 Å². The Morgan fingerprint density at radius 3 is 2.41 bits per heavy atom. The van der Waals surface area contributed by atoms with Gasteiger partial charge < -0.3 is 5.11 Å².